The predicted octanol–water partition coefficient (Wildman–Crippen LogP) is 1.34. The Bertz CT molecular complexity index is 684. The second-order valence-electron chi connectivity index (χ2n) is 4.16. The number of carbonyl (C=O) groups is 1. The van der Waals surface area contributed by atoms with Gasteiger partial charge in [0.15, 0.2) is 0 Å². The molecule has 5 nitrogen and oxygen atoms in total. The van der Waals surface area contributed by atoms with Gasteiger partial charge in [-0.1, -0.05) is 18.8 Å². The second-order valence-corrected chi connectivity index (χ2v) is 5.36. The van der Waals surface area contributed by atoms with Crippen molar-refractivity contribution in [2.75, 3.05) is 6.54 Å². The first-order chi connectivity index (χ1) is 10.2. The summed E-state index contributed by atoms with van der Waals surface area (Å²) in [7, 11) is 0. The van der Waals surface area contributed by atoms with Gasteiger partial charge in [-0.2, -0.15) is 0 Å². The number of hydrogen-bond acceptors (Lipinski definition) is 5. The van der Waals surface area contributed by atoms with Crippen LogP contribution in [0.5, 0.6) is 0 Å². The van der Waals surface area contributed by atoms with E-state index in [1.165, 1.54) is 4.88 Å². The molecular weight excluding hydrogens is 284 g/mol. The fourth-order valence-corrected chi connectivity index (χ4v) is 2.47. The molecule has 0 aliphatic heterocycles. The summed E-state index contributed by atoms with van der Waals surface area (Å²) in [6.07, 6.45) is 4.36. The van der Waals surface area contributed by atoms with Gasteiger partial charge in [0.1, 0.15) is 10.7 Å². The Hall–Kier alpha value is -2.23. The molecule has 0 fully saturated rings. The monoisotopic (exact) mass is 300 g/mol. The molecule has 0 atom stereocenters. The molecule has 0 aliphatic rings. The minimum absolute atomic E-state index is 0.245. The first kappa shape index (κ1) is 15.2. The van der Waals surface area contributed by atoms with Crippen LogP contribution in [-0.4, -0.2) is 22.4 Å². The van der Waals surface area contributed by atoms with E-state index in [9.17, 15) is 4.79 Å². The highest BCUT2D eigenvalue weighted by Gasteiger charge is 2.12. The van der Waals surface area contributed by atoms with Crippen molar-refractivity contribution in [2.45, 2.75) is 19.9 Å². The van der Waals surface area contributed by atoms with Gasteiger partial charge in [-0.05, 0) is 18.6 Å². The summed E-state index contributed by atoms with van der Waals surface area (Å²) in [4.78, 5) is 21.7. The molecule has 3 N–H and O–H groups in total. The Kier molecular flexibility index (Phi) is 5.43. The number of aryl methyl sites for hydroxylation is 1. The predicted molar refractivity (Wildman–Crippen MR) is 82.8 cm³/mol. The third-order valence-electron chi connectivity index (χ3n) is 2.70. The molecule has 0 bridgehead atoms. The van der Waals surface area contributed by atoms with Crippen molar-refractivity contribution in [3.05, 3.63) is 45.7 Å². The molecule has 1 amide bonds. The van der Waals surface area contributed by atoms with E-state index in [1.807, 2.05) is 6.20 Å². The van der Waals surface area contributed by atoms with Crippen LogP contribution in [-0.2, 0) is 13.0 Å². The molecule has 0 aromatic carbocycles. The average molecular weight is 300 g/mol. The van der Waals surface area contributed by atoms with Crippen LogP contribution in [0.4, 0.5) is 0 Å². The van der Waals surface area contributed by atoms with Crippen LogP contribution in [0.3, 0.4) is 0 Å². The lowest BCUT2D eigenvalue weighted by Crippen LogP contribution is -2.24. The van der Waals surface area contributed by atoms with E-state index in [2.05, 4.69) is 34.0 Å². The quantitative estimate of drug-likeness (QED) is 0.835. The molecule has 108 valence electrons. The Morgan fingerprint density at radius 3 is 3.05 bits per heavy atom. The van der Waals surface area contributed by atoms with Crippen molar-refractivity contribution in [3.8, 4) is 11.8 Å². The molecule has 2 aromatic heterocycles. The molecule has 0 saturated carbocycles. The number of thiazole rings is 1. The largest absolute Gasteiger partial charge is 0.344 e. The average Bonchev–Trinajstić information content (AvgIpc) is 2.99. The van der Waals surface area contributed by atoms with Gasteiger partial charge < -0.3 is 11.1 Å². The normalized spacial score (nSPS) is 9.81. The van der Waals surface area contributed by atoms with Crippen molar-refractivity contribution in [1.29, 1.82) is 0 Å². The summed E-state index contributed by atoms with van der Waals surface area (Å²) >= 11 is 1.60. The Balaban J connectivity index is 2.06. The number of rotatable bonds is 4. The zero-order valence-electron chi connectivity index (χ0n) is 11.7. The Morgan fingerprint density at radius 1 is 1.48 bits per heavy atom. The molecule has 0 unspecified atom stereocenters. The topological polar surface area (TPSA) is 80.9 Å². The maximum atomic E-state index is 12.2. The fraction of sp³-hybridized carbons (Fsp3) is 0.267. The zero-order valence-corrected chi connectivity index (χ0v) is 12.5. The number of carbonyl (C=O) groups excluding carboxylic acids is 1. The molecule has 2 rings (SSSR count). The molecule has 0 aliphatic carbocycles. The van der Waals surface area contributed by atoms with Gasteiger partial charge in [0.2, 0.25) is 0 Å². The van der Waals surface area contributed by atoms with E-state index in [1.54, 1.807) is 29.7 Å². The summed E-state index contributed by atoms with van der Waals surface area (Å²) in [6.45, 7) is 2.71. The molecule has 0 spiro atoms. The van der Waals surface area contributed by atoms with Crippen LogP contribution in [0.2, 0.25) is 0 Å². The first-order valence-corrected chi connectivity index (χ1v) is 7.42. The van der Waals surface area contributed by atoms with Gasteiger partial charge in [-0.3, -0.25) is 4.79 Å². The van der Waals surface area contributed by atoms with Crippen LogP contribution in [0.1, 0.15) is 32.9 Å². The number of nitrogens with one attached hydrogen (secondary N) is 1. The van der Waals surface area contributed by atoms with Gasteiger partial charge in [-0.15, -0.1) is 11.3 Å². The lowest BCUT2D eigenvalue weighted by molar-refractivity contribution is 0.0945. The number of nitrogens with zero attached hydrogens (tertiary/aromatic N) is 2. The molecular formula is C15H16N4OS. The Morgan fingerprint density at radius 2 is 2.33 bits per heavy atom. The maximum absolute atomic E-state index is 12.2. The summed E-state index contributed by atoms with van der Waals surface area (Å²) in [5, 5.41) is 3.70. The third-order valence-corrected chi connectivity index (χ3v) is 3.84. The number of aromatic nitrogens is 2. The summed E-state index contributed by atoms with van der Waals surface area (Å²) < 4.78 is 0. The lowest BCUT2D eigenvalue weighted by Gasteiger charge is -2.04. The van der Waals surface area contributed by atoms with Gasteiger partial charge >= 0.3 is 0 Å². The zero-order chi connectivity index (χ0) is 15.1. The van der Waals surface area contributed by atoms with Crippen LogP contribution in [0.15, 0.2) is 24.5 Å². The van der Waals surface area contributed by atoms with Crippen molar-refractivity contribution in [1.82, 2.24) is 15.3 Å². The molecule has 21 heavy (non-hydrogen) atoms. The van der Waals surface area contributed by atoms with Gasteiger partial charge in [0.05, 0.1) is 18.7 Å². The van der Waals surface area contributed by atoms with Gasteiger partial charge in [0.25, 0.3) is 5.91 Å². The summed E-state index contributed by atoms with van der Waals surface area (Å²) in [5.74, 6) is 5.33. The minimum atomic E-state index is -0.259. The smallest absolute Gasteiger partial charge is 0.271 e. The number of pyridine rings is 1. The lowest BCUT2D eigenvalue weighted by atomic mass is 10.2. The number of hydrogen-bond donors (Lipinski definition) is 2. The summed E-state index contributed by atoms with van der Waals surface area (Å²) in [6, 6.07) is 3.49. The third kappa shape index (κ3) is 4.12. The highest BCUT2D eigenvalue weighted by atomic mass is 32.1. The highest BCUT2D eigenvalue weighted by molar-refractivity contribution is 7.11. The van der Waals surface area contributed by atoms with Gasteiger partial charge in [-0.25, -0.2) is 9.97 Å². The minimum Gasteiger partial charge on any atom is -0.344 e. The SMILES string of the molecule is CCc1cnc(CNC(=O)c2ncccc2C#CCN)s1. The highest BCUT2D eigenvalue weighted by Crippen LogP contribution is 2.13. The molecule has 2 heterocycles. The van der Waals surface area contributed by atoms with Crippen LogP contribution in [0.25, 0.3) is 0 Å². The van der Waals surface area contributed by atoms with Crippen LogP contribution >= 0.6 is 11.3 Å². The molecule has 0 radical (unpaired) electrons. The van der Waals surface area contributed by atoms with Crippen molar-refractivity contribution < 1.29 is 4.79 Å². The molecule has 2 aromatic rings. The first-order valence-electron chi connectivity index (χ1n) is 6.60. The van der Waals surface area contributed by atoms with Gasteiger partial charge in [0, 0.05) is 17.3 Å². The van der Waals surface area contributed by atoms with Crippen LogP contribution in [0, 0.1) is 11.8 Å². The van der Waals surface area contributed by atoms with Crippen molar-refractivity contribution >= 4 is 17.2 Å². The standard InChI is InChI=1S/C15H16N4OS/c1-2-12-9-18-13(21-12)10-19-15(20)14-11(5-3-7-16)6-4-8-17-14/h4,6,8-9H,2,7,10,16H2,1H3,(H,19,20). The molecule has 6 heteroatoms. The second kappa shape index (κ2) is 7.53. The fourth-order valence-electron chi connectivity index (χ4n) is 1.67. The van der Waals surface area contributed by atoms with E-state index in [0.717, 1.165) is 11.4 Å². The van der Waals surface area contributed by atoms with E-state index in [-0.39, 0.29) is 12.5 Å². The Labute approximate surface area is 127 Å². The van der Waals surface area contributed by atoms with Crippen molar-refractivity contribution in [2.24, 2.45) is 5.73 Å². The van der Waals surface area contributed by atoms with Crippen molar-refractivity contribution in [3.63, 3.8) is 0 Å². The maximum Gasteiger partial charge on any atom is 0.271 e. The summed E-state index contributed by atoms with van der Waals surface area (Å²) in [5.41, 5.74) is 6.24. The van der Waals surface area contributed by atoms with E-state index >= 15 is 0 Å². The number of amides is 1. The van der Waals surface area contributed by atoms with Crippen LogP contribution < -0.4 is 11.1 Å². The van der Waals surface area contributed by atoms with E-state index in [4.69, 9.17) is 5.73 Å². The number of nitrogens with two attached hydrogens (primary N) is 1. The van der Waals surface area contributed by atoms with E-state index in [0.29, 0.717) is 17.8 Å². The molecule has 0 saturated heterocycles. The van der Waals surface area contributed by atoms with E-state index < -0.39 is 0 Å².